The monoisotopic (exact) mass is 295 g/mol. The van der Waals surface area contributed by atoms with Crippen molar-refractivity contribution in [2.75, 3.05) is 7.05 Å². The number of hydrogen-bond acceptors (Lipinski definition) is 2. The normalized spacial score (nSPS) is 38.7. The molecule has 21 heavy (non-hydrogen) atoms. The maximum atomic E-state index is 10.5. The highest BCUT2D eigenvalue weighted by molar-refractivity contribution is 4.93. The van der Waals surface area contributed by atoms with Crippen molar-refractivity contribution < 1.29 is 5.11 Å². The molecule has 2 heteroatoms. The van der Waals surface area contributed by atoms with Crippen molar-refractivity contribution in [2.45, 2.75) is 97.2 Å². The van der Waals surface area contributed by atoms with Crippen molar-refractivity contribution in [3.8, 4) is 0 Å². The topological polar surface area (TPSA) is 23.5 Å². The van der Waals surface area contributed by atoms with Crippen LogP contribution in [0.15, 0.2) is 0 Å². The molecule has 0 aliphatic heterocycles. The Kier molecular flexibility index (Phi) is 5.76. The zero-order chi connectivity index (χ0) is 15.6. The lowest BCUT2D eigenvalue weighted by atomic mass is 9.67. The quantitative estimate of drug-likeness (QED) is 0.827. The van der Waals surface area contributed by atoms with Crippen LogP contribution in [0, 0.1) is 17.3 Å². The molecule has 0 spiro atoms. The molecule has 0 aromatic heterocycles. The van der Waals surface area contributed by atoms with Gasteiger partial charge in [0.05, 0.1) is 6.10 Å². The lowest BCUT2D eigenvalue weighted by molar-refractivity contribution is -0.0326. The van der Waals surface area contributed by atoms with E-state index in [-0.39, 0.29) is 6.10 Å². The molecular formula is C19H37NO. The number of likely N-dealkylation sites (N-methyl/N-ethyl adjacent to an activating group) is 1. The SMILES string of the molecule is CCC(C)(C)C1CCC(O)C(N(C)C2CCC(C)CC2)C1. The molecule has 2 aliphatic rings. The van der Waals surface area contributed by atoms with Crippen LogP contribution in [0.5, 0.6) is 0 Å². The first-order chi connectivity index (χ1) is 9.85. The maximum Gasteiger partial charge on any atom is 0.0695 e. The van der Waals surface area contributed by atoms with E-state index in [9.17, 15) is 5.11 Å². The van der Waals surface area contributed by atoms with E-state index in [0.717, 1.165) is 18.3 Å². The number of nitrogens with zero attached hydrogens (tertiary/aromatic N) is 1. The van der Waals surface area contributed by atoms with Gasteiger partial charge in [0.25, 0.3) is 0 Å². The number of aliphatic hydroxyl groups is 1. The van der Waals surface area contributed by atoms with Crippen LogP contribution in [0.25, 0.3) is 0 Å². The molecule has 2 aliphatic carbocycles. The third-order valence-electron chi connectivity index (χ3n) is 6.88. The molecule has 0 amide bonds. The van der Waals surface area contributed by atoms with Gasteiger partial charge in [-0.15, -0.1) is 0 Å². The van der Waals surface area contributed by atoms with Crippen LogP contribution >= 0.6 is 0 Å². The van der Waals surface area contributed by atoms with Gasteiger partial charge in [-0.1, -0.05) is 34.1 Å². The van der Waals surface area contributed by atoms with Gasteiger partial charge in [0.1, 0.15) is 0 Å². The minimum Gasteiger partial charge on any atom is -0.391 e. The third kappa shape index (κ3) is 4.01. The average Bonchev–Trinajstić information content (AvgIpc) is 2.47. The second kappa shape index (κ2) is 7.00. The first kappa shape index (κ1) is 17.3. The maximum absolute atomic E-state index is 10.5. The standard InChI is InChI=1S/C19H37NO/c1-6-19(3,4)15-9-12-18(21)17(13-15)20(5)16-10-7-14(2)8-11-16/h14-18,21H,6-13H2,1-5H3. The molecule has 3 atom stereocenters. The zero-order valence-corrected chi connectivity index (χ0v) is 14.9. The first-order valence-corrected chi connectivity index (χ1v) is 9.25. The van der Waals surface area contributed by atoms with E-state index in [4.69, 9.17) is 0 Å². The largest absolute Gasteiger partial charge is 0.391 e. The highest BCUT2D eigenvalue weighted by Crippen LogP contribution is 2.42. The predicted octanol–water partition coefficient (Wildman–Crippen LogP) is 4.46. The zero-order valence-electron chi connectivity index (χ0n) is 14.9. The molecule has 2 saturated carbocycles. The Morgan fingerprint density at radius 1 is 1.05 bits per heavy atom. The highest BCUT2D eigenvalue weighted by atomic mass is 16.3. The summed E-state index contributed by atoms with van der Waals surface area (Å²) in [6, 6.07) is 1.08. The van der Waals surface area contributed by atoms with Crippen molar-refractivity contribution in [3.63, 3.8) is 0 Å². The summed E-state index contributed by atoms with van der Waals surface area (Å²) in [5.41, 5.74) is 0.417. The van der Waals surface area contributed by atoms with Gasteiger partial charge >= 0.3 is 0 Å². The summed E-state index contributed by atoms with van der Waals surface area (Å²) in [5, 5.41) is 10.5. The van der Waals surface area contributed by atoms with Crippen molar-refractivity contribution >= 4 is 0 Å². The van der Waals surface area contributed by atoms with E-state index < -0.39 is 0 Å². The fraction of sp³-hybridized carbons (Fsp3) is 1.00. The van der Waals surface area contributed by atoms with E-state index in [1.165, 1.54) is 44.9 Å². The van der Waals surface area contributed by atoms with E-state index >= 15 is 0 Å². The minimum absolute atomic E-state index is 0.113. The number of hydrogen-bond donors (Lipinski definition) is 1. The van der Waals surface area contributed by atoms with Crippen LogP contribution < -0.4 is 0 Å². The summed E-state index contributed by atoms with van der Waals surface area (Å²) < 4.78 is 0. The van der Waals surface area contributed by atoms with Crippen molar-refractivity contribution in [3.05, 3.63) is 0 Å². The van der Waals surface area contributed by atoms with Crippen molar-refractivity contribution in [1.82, 2.24) is 4.90 Å². The second-order valence-corrected chi connectivity index (χ2v) is 8.57. The summed E-state index contributed by atoms with van der Waals surface area (Å²) in [6.45, 7) is 9.52. The molecule has 1 N–H and O–H groups in total. The molecule has 0 radical (unpaired) electrons. The molecule has 0 saturated heterocycles. The van der Waals surface area contributed by atoms with Gasteiger partial charge in [-0.3, -0.25) is 4.90 Å². The molecule has 0 aromatic rings. The Morgan fingerprint density at radius 3 is 2.24 bits per heavy atom. The van der Waals surface area contributed by atoms with E-state index in [0.29, 0.717) is 17.5 Å². The fourth-order valence-corrected chi connectivity index (χ4v) is 4.49. The Bertz CT molecular complexity index is 320. The summed E-state index contributed by atoms with van der Waals surface area (Å²) >= 11 is 0. The Morgan fingerprint density at radius 2 is 1.67 bits per heavy atom. The minimum atomic E-state index is -0.113. The van der Waals surface area contributed by atoms with Crippen LogP contribution in [-0.2, 0) is 0 Å². The van der Waals surface area contributed by atoms with E-state index in [1.54, 1.807) is 0 Å². The van der Waals surface area contributed by atoms with Gasteiger partial charge in [-0.05, 0) is 69.2 Å². The van der Waals surface area contributed by atoms with Gasteiger partial charge in [-0.2, -0.15) is 0 Å². The second-order valence-electron chi connectivity index (χ2n) is 8.57. The molecule has 2 rings (SSSR count). The van der Waals surface area contributed by atoms with E-state index in [2.05, 4.69) is 39.6 Å². The van der Waals surface area contributed by atoms with Gasteiger partial charge < -0.3 is 5.11 Å². The molecular weight excluding hydrogens is 258 g/mol. The van der Waals surface area contributed by atoms with Crippen LogP contribution in [0.3, 0.4) is 0 Å². The molecule has 2 nitrogen and oxygen atoms in total. The molecule has 0 bridgehead atoms. The summed E-state index contributed by atoms with van der Waals surface area (Å²) in [7, 11) is 2.27. The van der Waals surface area contributed by atoms with Gasteiger partial charge in [-0.25, -0.2) is 0 Å². The van der Waals surface area contributed by atoms with Crippen LogP contribution in [0.4, 0.5) is 0 Å². The summed E-state index contributed by atoms with van der Waals surface area (Å²) in [5.74, 6) is 1.67. The molecule has 0 heterocycles. The third-order valence-corrected chi connectivity index (χ3v) is 6.88. The van der Waals surface area contributed by atoms with Crippen LogP contribution in [0.2, 0.25) is 0 Å². The van der Waals surface area contributed by atoms with Crippen molar-refractivity contribution in [2.24, 2.45) is 17.3 Å². The lowest BCUT2D eigenvalue weighted by Crippen LogP contribution is -2.52. The van der Waals surface area contributed by atoms with Gasteiger partial charge in [0.2, 0.25) is 0 Å². The van der Waals surface area contributed by atoms with Gasteiger partial charge in [0, 0.05) is 12.1 Å². The Labute approximate surface area is 132 Å². The first-order valence-electron chi connectivity index (χ1n) is 9.25. The highest BCUT2D eigenvalue weighted by Gasteiger charge is 2.39. The Hall–Kier alpha value is -0.0800. The smallest absolute Gasteiger partial charge is 0.0695 e. The predicted molar refractivity (Wildman–Crippen MR) is 90.4 cm³/mol. The lowest BCUT2D eigenvalue weighted by Gasteiger charge is -2.47. The van der Waals surface area contributed by atoms with Crippen LogP contribution in [-0.4, -0.2) is 35.2 Å². The molecule has 3 unspecified atom stereocenters. The number of rotatable bonds is 4. The molecule has 124 valence electrons. The van der Waals surface area contributed by atoms with Gasteiger partial charge in [0.15, 0.2) is 0 Å². The number of aliphatic hydroxyl groups excluding tert-OH is 1. The Balaban J connectivity index is 1.99. The van der Waals surface area contributed by atoms with E-state index in [1.807, 2.05) is 0 Å². The molecule has 2 fully saturated rings. The van der Waals surface area contributed by atoms with Crippen molar-refractivity contribution in [1.29, 1.82) is 0 Å². The summed E-state index contributed by atoms with van der Waals surface area (Å²) in [6.07, 6.45) is 9.88. The average molecular weight is 296 g/mol. The fourth-order valence-electron chi connectivity index (χ4n) is 4.49. The summed E-state index contributed by atoms with van der Waals surface area (Å²) in [4.78, 5) is 2.55. The molecule has 0 aromatic carbocycles. The van der Waals surface area contributed by atoms with Crippen LogP contribution in [0.1, 0.15) is 79.1 Å².